The normalized spacial score (nSPS) is 15.3. The van der Waals surface area contributed by atoms with Gasteiger partial charge in [0.1, 0.15) is 18.2 Å². The fourth-order valence-electron chi connectivity index (χ4n) is 3.26. The summed E-state index contributed by atoms with van der Waals surface area (Å²) in [4.78, 5) is 2.52. The number of benzene rings is 1. The number of thiophene rings is 1. The lowest BCUT2D eigenvalue weighted by Crippen LogP contribution is -3.07. The minimum atomic E-state index is -0.192. The third kappa shape index (κ3) is 3.95. The highest BCUT2D eigenvalue weighted by atomic mass is 32.1. The molecule has 4 nitrogen and oxygen atoms in total. The molecule has 0 amide bonds. The lowest BCUT2D eigenvalue weighted by atomic mass is 10.2. The van der Waals surface area contributed by atoms with Crippen LogP contribution in [0.4, 0.5) is 4.39 Å². The molecule has 1 fully saturated rings. The topological polar surface area (TPSA) is 27.2 Å². The molecule has 7 heteroatoms. The standard InChI is InChI=1S/C19H21FN4S2/c1-22(12-14-4-2-5-15(20)10-14)13-23-19(25)24(16-7-8-16)18(21-23)11-17-6-3-9-26-17/h2-6,9-10,16H,7-8,11-13H2,1H3/p+1. The van der Waals surface area contributed by atoms with Crippen molar-refractivity contribution in [2.45, 2.75) is 38.5 Å². The summed E-state index contributed by atoms with van der Waals surface area (Å²) in [6, 6.07) is 11.5. The van der Waals surface area contributed by atoms with Crippen molar-refractivity contribution in [3.05, 3.63) is 68.6 Å². The number of aromatic nitrogens is 3. The lowest BCUT2D eigenvalue weighted by molar-refractivity contribution is -0.917. The van der Waals surface area contributed by atoms with E-state index in [1.165, 1.54) is 28.7 Å². The van der Waals surface area contributed by atoms with E-state index in [1.807, 2.05) is 10.7 Å². The van der Waals surface area contributed by atoms with Crippen molar-refractivity contribution >= 4 is 23.6 Å². The molecule has 0 bridgehead atoms. The Morgan fingerprint density at radius 3 is 2.85 bits per heavy atom. The van der Waals surface area contributed by atoms with Crippen molar-refractivity contribution in [2.24, 2.45) is 0 Å². The van der Waals surface area contributed by atoms with E-state index in [-0.39, 0.29) is 5.82 Å². The van der Waals surface area contributed by atoms with Crippen molar-refractivity contribution in [1.82, 2.24) is 14.3 Å². The van der Waals surface area contributed by atoms with Gasteiger partial charge < -0.3 is 9.47 Å². The van der Waals surface area contributed by atoms with E-state index in [9.17, 15) is 4.39 Å². The van der Waals surface area contributed by atoms with Crippen LogP contribution >= 0.6 is 23.6 Å². The van der Waals surface area contributed by atoms with Gasteiger partial charge in [0.2, 0.25) is 4.77 Å². The molecule has 4 rings (SSSR count). The first-order valence-electron chi connectivity index (χ1n) is 8.86. The quantitative estimate of drug-likeness (QED) is 0.628. The minimum absolute atomic E-state index is 0.192. The van der Waals surface area contributed by atoms with Crippen LogP contribution in [-0.4, -0.2) is 21.4 Å². The SMILES string of the molecule is C[NH+](Cc1cccc(F)c1)Cn1nc(Cc2cccs2)n(C2CC2)c1=S. The first-order chi connectivity index (χ1) is 12.6. The smallest absolute Gasteiger partial charge is 0.203 e. The van der Waals surface area contributed by atoms with Crippen LogP contribution < -0.4 is 4.90 Å². The summed E-state index contributed by atoms with van der Waals surface area (Å²) < 4.78 is 18.4. The Morgan fingerprint density at radius 1 is 1.31 bits per heavy atom. The fourth-order valence-corrected chi connectivity index (χ4v) is 4.33. The largest absolute Gasteiger partial charge is 0.315 e. The van der Waals surface area contributed by atoms with Gasteiger partial charge in [-0.05, 0) is 48.6 Å². The van der Waals surface area contributed by atoms with Gasteiger partial charge >= 0.3 is 0 Å². The molecule has 0 aliphatic heterocycles. The third-order valence-electron chi connectivity index (χ3n) is 4.58. The molecular formula is C19H22FN4S2+. The highest BCUT2D eigenvalue weighted by Crippen LogP contribution is 2.36. The zero-order chi connectivity index (χ0) is 18.1. The van der Waals surface area contributed by atoms with E-state index >= 15 is 0 Å². The Balaban J connectivity index is 1.53. The van der Waals surface area contributed by atoms with Gasteiger partial charge in [-0.1, -0.05) is 18.2 Å². The summed E-state index contributed by atoms with van der Waals surface area (Å²) in [5, 5.41) is 6.93. The number of quaternary nitrogens is 1. The molecule has 0 saturated heterocycles. The predicted molar refractivity (Wildman–Crippen MR) is 103 cm³/mol. The maximum atomic E-state index is 13.4. The van der Waals surface area contributed by atoms with Gasteiger partial charge in [0, 0.05) is 22.9 Å². The molecule has 26 heavy (non-hydrogen) atoms. The maximum absolute atomic E-state index is 13.4. The molecule has 1 aromatic carbocycles. The summed E-state index contributed by atoms with van der Waals surface area (Å²) in [5.74, 6) is 0.863. The van der Waals surface area contributed by atoms with Crippen LogP contribution in [0.1, 0.15) is 35.1 Å². The predicted octanol–water partition coefficient (Wildman–Crippen LogP) is 3.21. The Morgan fingerprint density at radius 2 is 2.15 bits per heavy atom. The molecule has 2 aromatic heterocycles. The summed E-state index contributed by atoms with van der Waals surface area (Å²) >= 11 is 7.48. The molecule has 1 saturated carbocycles. The minimum Gasteiger partial charge on any atom is -0.315 e. The first kappa shape index (κ1) is 17.6. The molecule has 1 atom stereocenters. The second kappa shape index (κ2) is 7.42. The van der Waals surface area contributed by atoms with Gasteiger partial charge in [-0.2, -0.15) is 9.78 Å². The van der Waals surface area contributed by atoms with Crippen molar-refractivity contribution in [2.75, 3.05) is 7.05 Å². The Bertz CT molecular complexity index is 941. The zero-order valence-corrected chi connectivity index (χ0v) is 16.3. The summed E-state index contributed by atoms with van der Waals surface area (Å²) in [5.41, 5.74) is 0.981. The van der Waals surface area contributed by atoms with Gasteiger partial charge in [-0.3, -0.25) is 0 Å². The average Bonchev–Trinajstić information content (AvgIpc) is 3.20. The number of rotatable bonds is 7. The highest BCUT2D eigenvalue weighted by molar-refractivity contribution is 7.71. The molecule has 136 valence electrons. The molecule has 2 heterocycles. The van der Waals surface area contributed by atoms with Crippen LogP contribution in [0.2, 0.25) is 0 Å². The molecular weight excluding hydrogens is 367 g/mol. The second-order valence-corrected chi connectivity index (χ2v) is 8.37. The Labute approximate surface area is 161 Å². The molecule has 1 aliphatic carbocycles. The Hall–Kier alpha value is -1.83. The van der Waals surface area contributed by atoms with E-state index < -0.39 is 0 Å². The van der Waals surface area contributed by atoms with Crippen LogP contribution in [0.15, 0.2) is 41.8 Å². The number of nitrogens with one attached hydrogen (secondary N) is 1. The van der Waals surface area contributed by atoms with Gasteiger partial charge in [0.25, 0.3) is 0 Å². The number of hydrogen-bond donors (Lipinski definition) is 1. The third-order valence-corrected chi connectivity index (χ3v) is 5.86. The van der Waals surface area contributed by atoms with E-state index in [2.05, 4.69) is 29.1 Å². The van der Waals surface area contributed by atoms with Gasteiger partial charge in [0.15, 0.2) is 6.67 Å². The summed E-state index contributed by atoms with van der Waals surface area (Å²) in [6.45, 7) is 1.41. The van der Waals surface area contributed by atoms with Crippen molar-refractivity contribution in [1.29, 1.82) is 0 Å². The van der Waals surface area contributed by atoms with Crippen LogP contribution in [0.3, 0.4) is 0 Å². The molecule has 0 spiro atoms. The zero-order valence-electron chi connectivity index (χ0n) is 14.7. The average molecular weight is 390 g/mol. The van der Waals surface area contributed by atoms with Crippen LogP contribution in [0, 0.1) is 10.6 Å². The van der Waals surface area contributed by atoms with E-state index in [1.54, 1.807) is 23.5 Å². The molecule has 1 N–H and O–H groups in total. The van der Waals surface area contributed by atoms with Crippen LogP contribution in [-0.2, 0) is 19.6 Å². The number of nitrogens with zero attached hydrogens (tertiary/aromatic N) is 3. The lowest BCUT2D eigenvalue weighted by Gasteiger charge is -2.13. The number of halogens is 1. The van der Waals surface area contributed by atoms with Gasteiger partial charge in [-0.15, -0.1) is 11.3 Å². The molecule has 0 radical (unpaired) electrons. The van der Waals surface area contributed by atoms with E-state index in [4.69, 9.17) is 17.3 Å². The highest BCUT2D eigenvalue weighted by Gasteiger charge is 2.29. The molecule has 1 unspecified atom stereocenters. The Kier molecular flexibility index (Phi) is 5.02. The van der Waals surface area contributed by atoms with Gasteiger partial charge in [0.05, 0.1) is 7.05 Å². The van der Waals surface area contributed by atoms with Crippen LogP contribution in [0.5, 0.6) is 0 Å². The first-order valence-corrected chi connectivity index (χ1v) is 10.2. The summed E-state index contributed by atoms with van der Waals surface area (Å²) in [6.07, 6.45) is 3.20. The van der Waals surface area contributed by atoms with E-state index in [0.717, 1.165) is 29.1 Å². The fraction of sp³-hybridized carbons (Fsp3) is 0.368. The maximum Gasteiger partial charge on any atom is 0.203 e. The monoisotopic (exact) mass is 389 g/mol. The number of hydrogen-bond acceptors (Lipinski definition) is 3. The molecule has 3 aromatic rings. The van der Waals surface area contributed by atoms with Crippen molar-refractivity contribution in [3.8, 4) is 0 Å². The van der Waals surface area contributed by atoms with Gasteiger partial charge in [-0.25, -0.2) is 4.39 Å². The second-order valence-electron chi connectivity index (χ2n) is 6.98. The molecule has 1 aliphatic rings. The van der Waals surface area contributed by atoms with Crippen molar-refractivity contribution in [3.63, 3.8) is 0 Å². The van der Waals surface area contributed by atoms with Crippen molar-refractivity contribution < 1.29 is 9.29 Å². The van der Waals surface area contributed by atoms with Crippen LogP contribution in [0.25, 0.3) is 0 Å². The summed E-state index contributed by atoms with van der Waals surface area (Å²) in [7, 11) is 2.09. The van der Waals surface area contributed by atoms with E-state index in [0.29, 0.717) is 12.7 Å².